The molecular formula is C22H18N4O3S. The zero-order valence-electron chi connectivity index (χ0n) is 16.1. The first-order chi connectivity index (χ1) is 14.7. The molecule has 1 N–H and O–H groups in total. The van der Waals surface area contributed by atoms with Crippen LogP contribution in [0.5, 0.6) is 5.75 Å². The van der Waals surface area contributed by atoms with E-state index in [1.807, 2.05) is 53.9 Å². The van der Waals surface area contributed by atoms with Crippen molar-refractivity contribution >= 4 is 33.7 Å². The van der Waals surface area contributed by atoms with E-state index in [4.69, 9.17) is 4.74 Å². The number of ether oxygens (including phenoxy) is 1. The lowest BCUT2D eigenvalue weighted by molar-refractivity contribution is -0.121. The van der Waals surface area contributed by atoms with Crippen molar-refractivity contribution in [1.82, 2.24) is 15.0 Å². The number of hydrogen-bond acceptors (Lipinski definition) is 6. The number of fused-ring (bicyclic) bond motifs is 1. The van der Waals surface area contributed by atoms with Gasteiger partial charge in [0, 0.05) is 16.5 Å². The van der Waals surface area contributed by atoms with Gasteiger partial charge < -0.3 is 4.74 Å². The van der Waals surface area contributed by atoms with Gasteiger partial charge in [0.05, 0.1) is 25.0 Å². The fourth-order valence-electron chi connectivity index (χ4n) is 3.05. The number of aromatic nitrogens is 2. The van der Waals surface area contributed by atoms with Crippen molar-refractivity contribution in [3.8, 4) is 16.9 Å². The fraction of sp³-hybridized carbons (Fsp3) is 0.0909. The van der Waals surface area contributed by atoms with Crippen molar-refractivity contribution < 1.29 is 9.53 Å². The summed E-state index contributed by atoms with van der Waals surface area (Å²) >= 11 is 1.41. The van der Waals surface area contributed by atoms with E-state index in [1.165, 1.54) is 28.4 Å². The molecule has 0 radical (unpaired) electrons. The van der Waals surface area contributed by atoms with Crippen LogP contribution in [-0.2, 0) is 11.3 Å². The molecule has 4 rings (SSSR count). The number of amides is 1. The number of carbonyl (C=O) groups is 1. The molecule has 0 saturated carbocycles. The summed E-state index contributed by atoms with van der Waals surface area (Å²) in [6.45, 7) is -0.185. The Morgan fingerprint density at radius 1 is 1.20 bits per heavy atom. The summed E-state index contributed by atoms with van der Waals surface area (Å²) in [5.41, 5.74) is 4.66. The smallest absolute Gasteiger partial charge is 0.263 e. The molecule has 2 aromatic carbocycles. The highest BCUT2D eigenvalue weighted by molar-refractivity contribution is 7.17. The number of rotatable bonds is 6. The largest absolute Gasteiger partial charge is 0.496 e. The lowest BCUT2D eigenvalue weighted by atomic mass is 10.1. The van der Waals surface area contributed by atoms with Gasteiger partial charge in [-0.15, -0.1) is 11.3 Å². The van der Waals surface area contributed by atoms with Crippen LogP contribution in [0, 0.1) is 0 Å². The molecule has 1 amide bonds. The van der Waals surface area contributed by atoms with E-state index in [9.17, 15) is 9.59 Å². The number of hydrogen-bond donors (Lipinski definition) is 1. The molecule has 0 spiro atoms. The summed E-state index contributed by atoms with van der Waals surface area (Å²) in [4.78, 5) is 30.3. The van der Waals surface area contributed by atoms with E-state index in [-0.39, 0.29) is 12.1 Å². The van der Waals surface area contributed by atoms with Gasteiger partial charge in [-0.3, -0.25) is 14.2 Å². The number of thiophene rings is 1. The third kappa shape index (κ3) is 3.99. The Bertz CT molecular complexity index is 1280. The van der Waals surface area contributed by atoms with Crippen molar-refractivity contribution in [2.45, 2.75) is 6.54 Å². The molecule has 0 saturated heterocycles. The third-order valence-electron chi connectivity index (χ3n) is 4.49. The van der Waals surface area contributed by atoms with Crippen molar-refractivity contribution in [3.05, 3.63) is 82.2 Å². The van der Waals surface area contributed by atoms with Gasteiger partial charge in [-0.25, -0.2) is 10.4 Å². The molecule has 0 fully saturated rings. The molecule has 0 aliphatic carbocycles. The first kappa shape index (κ1) is 19.5. The van der Waals surface area contributed by atoms with Crippen LogP contribution in [0.1, 0.15) is 5.56 Å². The van der Waals surface area contributed by atoms with E-state index in [1.54, 1.807) is 13.2 Å². The molecule has 0 aliphatic rings. The van der Waals surface area contributed by atoms with Gasteiger partial charge in [-0.1, -0.05) is 42.5 Å². The lowest BCUT2D eigenvalue weighted by Gasteiger charge is -2.06. The SMILES string of the molecule is COc1ccccc1/C=N\NC(=O)Cn1cnc2scc(-c3ccccc3)c2c1=O. The second kappa shape index (κ2) is 8.71. The summed E-state index contributed by atoms with van der Waals surface area (Å²) in [7, 11) is 1.56. The fourth-order valence-corrected chi connectivity index (χ4v) is 3.95. The first-order valence-electron chi connectivity index (χ1n) is 9.14. The maximum absolute atomic E-state index is 13.0. The van der Waals surface area contributed by atoms with Gasteiger partial charge in [0.2, 0.25) is 0 Å². The van der Waals surface area contributed by atoms with Crippen molar-refractivity contribution in [2.24, 2.45) is 5.10 Å². The van der Waals surface area contributed by atoms with E-state index in [0.29, 0.717) is 16.0 Å². The zero-order chi connectivity index (χ0) is 20.9. The number of methoxy groups -OCH3 is 1. The average Bonchev–Trinajstić information content (AvgIpc) is 3.22. The minimum absolute atomic E-state index is 0.185. The number of nitrogens with one attached hydrogen (secondary N) is 1. The molecule has 2 heterocycles. The predicted octanol–water partition coefficient (Wildman–Crippen LogP) is 3.28. The molecule has 150 valence electrons. The number of nitrogens with zero attached hydrogens (tertiary/aromatic N) is 3. The van der Waals surface area contributed by atoms with Gasteiger partial charge in [0.25, 0.3) is 11.5 Å². The highest BCUT2D eigenvalue weighted by Gasteiger charge is 2.14. The normalized spacial score (nSPS) is 11.1. The second-order valence-corrected chi connectivity index (χ2v) is 7.27. The number of hydrazone groups is 1. The Kier molecular flexibility index (Phi) is 5.67. The van der Waals surface area contributed by atoms with E-state index < -0.39 is 5.91 Å². The molecule has 2 aromatic heterocycles. The lowest BCUT2D eigenvalue weighted by Crippen LogP contribution is -2.30. The van der Waals surface area contributed by atoms with Crippen LogP contribution in [0.2, 0.25) is 0 Å². The van der Waals surface area contributed by atoms with Crippen LogP contribution >= 0.6 is 11.3 Å². The Morgan fingerprint density at radius 2 is 1.97 bits per heavy atom. The maximum atomic E-state index is 13.0. The average molecular weight is 418 g/mol. The molecule has 0 aliphatic heterocycles. The highest BCUT2D eigenvalue weighted by Crippen LogP contribution is 2.30. The molecule has 0 atom stereocenters. The van der Waals surface area contributed by atoms with E-state index in [2.05, 4.69) is 15.5 Å². The van der Waals surface area contributed by atoms with Gasteiger partial charge in [0.15, 0.2) is 0 Å². The Morgan fingerprint density at radius 3 is 2.77 bits per heavy atom. The summed E-state index contributed by atoms with van der Waals surface area (Å²) in [6.07, 6.45) is 2.88. The topological polar surface area (TPSA) is 85.6 Å². The van der Waals surface area contributed by atoms with Gasteiger partial charge in [0.1, 0.15) is 17.1 Å². The summed E-state index contributed by atoms with van der Waals surface area (Å²) < 4.78 is 6.53. The molecule has 0 bridgehead atoms. The molecule has 0 unspecified atom stereocenters. The standard InChI is InChI=1S/C22H18N4O3S/c1-29-18-10-6-5-9-16(18)11-24-25-19(27)12-26-14-23-21-20(22(26)28)17(13-30-21)15-7-3-2-4-8-15/h2-11,13-14H,12H2,1H3,(H,25,27)/b24-11-. The van der Waals surface area contributed by atoms with Crippen LogP contribution in [0.3, 0.4) is 0 Å². The molecule has 8 heteroatoms. The number of benzene rings is 2. The quantitative estimate of drug-likeness (QED) is 0.385. The number of para-hydroxylation sites is 1. The molecular weight excluding hydrogens is 400 g/mol. The van der Waals surface area contributed by atoms with Crippen LogP contribution < -0.4 is 15.7 Å². The zero-order valence-corrected chi connectivity index (χ0v) is 16.9. The molecule has 4 aromatic rings. The summed E-state index contributed by atoms with van der Waals surface area (Å²) in [6, 6.07) is 16.9. The second-order valence-electron chi connectivity index (χ2n) is 6.41. The Balaban J connectivity index is 1.54. The number of carbonyl (C=O) groups excluding carboxylic acids is 1. The van der Waals surface area contributed by atoms with Crippen LogP contribution in [0.25, 0.3) is 21.3 Å². The minimum Gasteiger partial charge on any atom is -0.496 e. The third-order valence-corrected chi connectivity index (χ3v) is 5.38. The summed E-state index contributed by atoms with van der Waals surface area (Å²) in [5, 5.41) is 6.38. The first-order valence-corrected chi connectivity index (χ1v) is 10.0. The maximum Gasteiger partial charge on any atom is 0.263 e. The molecule has 30 heavy (non-hydrogen) atoms. The van der Waals surface area contributed by atoms with Crippen LogP contribution in [0.15, 0.2) is 76.2 Å². The Hall–Kier alpha value is -3.78. The van der Waals surface area contributed by atoms with Crippen molar-refractivity contribution in [2.75, 3.05) is 7.11 Å². The highest BCUT2D eigenvalue weighted by atomic mass is 32.1. The monoisotopic (exact) mass is 418 g/mol. The Labute approximate surface area is 176 Å². The van der Waals surface area contributed by atoms with Gasteiger partial charge in [-0.05, 0) is 17.7 Å². The van der Waals surface area contributed by atoms with E-state index >= 15 is 0 Å². The molecule has 7 nitrogen and oxygen atoms in total. The van der Waals surface area contributed by atoms with Gasteiger partial charge >= 0.3 is 0 Å². The van der Waals surface area contributed by atoms with Crippen molar-refractivity contribution in [3.63, 3.8) is 0 Å². The van der Waals surface area contributed by atoms with Crippen LogP contribution in [-0.4, -0.2) is 28.8 Å². The minimum atomic E-state index is -0.430. The predicted molar refractivity (Wildman–Crippen MR) is 118 cm³/mol. The summed E-state index contributed by atoms with van der Waals surface area (Å²) in [5.74, 6) is 0.216. The van der Waals surface area contributed by atoms with Crippen LogP contribution in [0.4, 0.5) is 0 Å². The van der Waals surface area contributed by atoms with E-state index in [0.717, 1.165) is 16.7 Å². The van der Waals surface area contributed by atoms with Crippen molar-refractivity contribution in [1.29, 1.82) is 0 Å². The van der Waals surface area contributed by atoms with Gasteiger partial charge in [-0.2, -0.15) is 5.10 Å².